The van der Waals surface area contributed by atoms with Gasteiger partial charge in [0.1, 0.15) is 54.9 Å². The second-order valence-corrected chi connectivity index (χ2v) is 19.7. The summed E-state index contributed by atoms with van der Waals surface area (Å²) in [7, 11) is 0. The van der Waals surface area contributed by atoms with Crippen LogP contribution in [0.4, 0.5) is 0 Å². The van der Waals surface area contributed by atoms with Crippen molar-refractivity contribution < 1.29 is 69.0 Å². The Morgan fingerprint density at radius 3 is 1.38 bits per heavy atom. The van der Waals surface area contributed by atoms with Crippen LogP contribution in [-0.4, -0.2) is 142 Å². The van der Waals surface area contributed by atoms with Crippen molar-refractivity contribution in [2.75, 3.05) is 33.0 Å². The predicted molar refractivity (Wildman–Crippen MR) is 293 cm³/mol. The number of aliphatic hydroxyl groups excluding tert-OH is 7. The molecule has 0 amide bonds. The quantitative estimate of drug-likeness (QED) is 0.0172. The molecule has 0 aliphatic carbocycles. The Bertz CT molecular complexity index is 1540. The average molecular weight is 1050 g/mol. The first-order valence-corrected chi connectivity index (χ1v) is 28.7. The highest BCUT2D eigenvalue weighted by Gasteiger charge is 2.47. The molecule has 0 aromatic carbocycles. The fraction of sp³-hybridized carbons (Fsp3) is 0.750. The number of allylic oxidation sites excluding steroid dienone is 14. The van der Waals surface area contributed by atoms with Gasteiger partial charge in [0.25, 0.3) is 0 Å². The minimum Gasteiger partial charge on any atom is -0.457 e. The summed E-state index contributed by atoms with van der Waals surface area (Å²) in [6, 6.07) is 0. The van der Waals surface area contributed by atoms with E-state index in [1.165, 1.54) is 64.2 Å². The third-order valence-electron chi connectivity index (χ3n) is 13.2. The van der Waals surface area contributed by atoms with Crippen molar-refractivity contribution in [1.29, 1.82) is 0 Å². The maximum atomic E-state index is 13.0. The van der Waals surface area contributed by atoms with Gasteiger partial charge in [0.2, 0.25) is 0 Å². The van der Waals surface area contributed by atoms with E-state index in [4.69, 9.17) is 28.4 Å². The van der Waals surface area contributed by atoms with Gasteiger partial charge in [0.15, 0.2) is 12.6 Å². The van der Waals surface area contributed by atoms with Crippen LogP contribution in [0.3, 0.4) is 0 Å². The van der Waals surface area contributed by atoms with Crippen molar-refractivity contribution >= 4 is 5.97 Å². The Kier molecular flexibility index (Phi) is 42.1. The van der Waals surface area contributed by atoms with E-state index in [1.807, 2.05) is 0 Å². The van der Waals surface area contributed by atoms with Crippen molar-refractivity contribution in [2.45, 2.75) is 255 Å². The van der Waals surface area contributed by atoms with E-state index >= 15 is 0 Å². The number of carbonyl (C=O) groups is 1. The Labute approximate surface area is 446 Å². The van der Waals surface area contributed by atoms with Gasteiger partial charge in [0.05, 0.1) is 26.4 Å². The standard InChI is InChI=1S/C60H102O14/c1-3-5-7-9-11-13-15-17-19-20-21-22-23-24-25-26-27-28-29-30-32-34-36-38-40-42-44-69-46-49(72-52(62)43-41-39-37-35-33-31-18-16-14-12-10-8-6-4-2)47-70-59-58(68)56(66)54(64)51(74-59)48-71-60-57(67)55(65)53(63)50(45-61)73-60/h5,7,11,13,17,19,21-22,24-25,27-28,30,32,49-51,53-61,63-68H,3-4,6,8-10,12,14-16,18,20,23,26,29,31,33-48H2,1-2H3/b7-5-,13-11-,19-17-,22-21-,25-24-,28-27-,32-30-. The fourth-order valence-corrected chi connectivity index (χ4v) is 8.56. The minimum absolute atomic E-state index is 0.0411. The molecule has 11 atom stereocenters. The number of hydrogen-bond acceptors (Lipinski definition) is 14. The van der Waals surface area contributed by atoms with Gasteiger partial charge in [-0.15, -0.1) is 0 Å². The molecule has 0 radical (unpaired) electrons. The fourth-order valence-electron chi connectivity index (χ4n) is 8.56. The number of esters is 1. The Balaban J connectivity index is 1.72. The zero-order valence-electron chi connectivity index (χ0n) is 45.5. The van der Waals surface area contributed by atoms with E-state index in [2.05, 4.69) is 98.9 Å². The summed E-state index contributed by atoms with van der Waals surface area (Å²) in [4.78, 5) is 13.0. The second-order valence-electron chi connectivity index (χ2n) is 19.7. The van der Waals surface area contributed by atoms with Gasteiger partial charge in [-0.25, -0.2) is 0 Å². The highest BCUT2D eigenvalue weighted by molar-refractivity contribution is 5.69. The predicted octanol–water partition coefficient (Wildman–Crippen LogP) is 10.0. The molecular weight excluding hydrogens is 945 g/mol. The maximum absolute atomic E-state index is 13.0. The molecule has 14 heteroatoms. The van der Waals surface area contributed by atoms with Crippen LogP contribution < -0.4 is 0 Å². The molecule has 2 saturated heterocycles. The summed E-state index contributed by atoms with van der Waals surface area (Å²) < 4.78 is 34.3. The molecule has 0 aromatic heterocycles. The van der Waals surface area contributed by atoms with E-state index in [-0.39, 0.29) is 25.6 Å². The summed E-state index contributed by atoms with van der Waals surface area (Å²) in [6.45, 7) is 3.51. The van der Waals surface area contributed by atoms with Crippen molar-refractivity contribution in [3.05, 3.63) is 85.1 Å². The van der Waals surface area contributed by atoms with E-state index in [9.17, 15) is 40.5 Å². The first-order valence-electron chi connectivity index (χ1n) is 28.7. The van der Waals surface area contributed by atoms with E-state index in [0.29, 0.717) is 13.0 Å². The lowest BCUT2D eigenvalue weighted by Gasteiger charge is -2.42. The normalized spacial score (nSPS) is 25.4. The SMILES string of the molecule is CC/C=C\C/C=C\C/C=C\C/C=C\C/C=C\C/C=C\C/C=C\CCCCCCOCC(COC1OC(COC2OC(CO)C(O)C(O)C2O)C(O)C(O)C1O)OC(=O)CCCCCCCCCCCCCCCC. The van der Waals surface area contributed by atoms with Gasteiger partial charge in [-0.3, -0.25) is 4.79 Å². The van der Waals surface area contributed by atoms with Gasteiger partial charge in [-0.1, -0.05) is 195 Å². The van der Waals surface area contributed by atoms with Crippen LogP contribution in [0.15, 0.2) is 85.1 Å². The number of unbranched alkanes of at least 4 members (excludes halogenated alkanes) is 17. The first kappa shape index (κ1) is 67.3. The van der Waals surface area contributed by atoms with E-state index in [1.54, 1.807) is 0 Å². The largest absolute Gasteiger partial charge is 0.457 e. The van der Waals surface area contributed by atoms with E-state index < -0.39 is 80.7 Å². The molecule has 0 spiro atoms. The lowest BCUT2D eigenvalue weighted by atomic mass is 9.98. The summed E-state index contributed by atoms with van der Waals surface area (Å²) in [5, 5.41) is 72.3. The third-order valence-corrected chi connectivity index (χ3v) is 13.2. The molecule has 7 N–H and O–H groups in total. The van der Waals surface area contributed by atoms with Crippen LogP contribution in [0, 0.1) is 0 Å². The van der Waals surface area contributed by atoms with Crippen LogP contribution in [-0.2, 0) is 33.2 Å². The minimum atomic E-state index is -1.72. The molecule has 2 fully saturated rings. The number of rotatable bonds is 45. The molecule has 2 aliphatic heterocycles. The molecule has 0 aromatic rings. The number of aliphatic hydroxyl groups is 7. The average Bonchev–Trinajstić information content (AvgIpc) is 3.40. The Morgan fingerprint density at radius 1 is 0.459 bits per heavy atom. The van der Waals surface area contributed by atoms with Crippen molar-refractivity contribution in [3.63, 3.8) is 0 Å². The summed E-state index contributed by atoms with van der Waals surface area (Å²) in [6.07, 6.45) is 43.6. The van der Waals surface area contributed by atoms with Gasteiger partial charge in [-0.05, 0) is 70.6 Å². The maximum Gasteiger partial charge on any atom is 0.306 e. The molecule has 2 rings (SSSR count). The highest BCUT2D eigenvalue weighted by atomic mass is 16.7. The smallest absolute Gasteiger partial charge is 0.306 e. The second kappa shape index (κ2) is 46.3. The lowest BCUT2D eigenvalue weighted by Crippen LogP contribution is -2.61. The summed E-state index contributed by atoms with van der Waals surface area (Å²) in [5.74, 6) is -0.388. The summed E-state index contributed by atoms with van der Waals surface area (Å²) in [5.41, 5.74) is 0. The molecule has 2 aliphatic rings. The van der Waals surface area contributed by atoms with Crippen LogP contribution in [0.1, 0.15) is 187 Å². The molecule has 74 heavy (non-hydrogen) atoms. The van der Waals surface area contributed by atoms with Gasteiger partial charge in [-0.2, -0.15) is 0 Å². The molecule has 11 unspecified atom stereocenters. The zero-order valence-corrected chi connectivity index (χ0v) is 45.5. The topological polar surface area (TPSA) is 214 Å². The van der Waals surface area contributed by atoms with Crippen LogP contribution in [0.2, 0.25) is 0 Å². The van der Waals surface area contributed by atoms with Crippen LogP contribution >= 0.6 is 0 Å². The highest BCUT2D eigenvalue weighted by Crippen LogP contribution is 2.26. The zero-order chi connectivity index (χ0) is 53.7. The number of ether oxygens (including phenoxy) is 6. The van der Waals surface area contributed by atoms with Gasteiger partial charge >= 0.3 is 5.97 Å². The summed E-state index contributed by atoms with van der Waals surface area (Å²) >= 11 is 0. The lowest BCUT2D eigenvalue weighted by molar-refractivity contribution is -0.332. The molecule has 0 saturated carbocycles. The van der Waals surface area contributed by atoms with Gasteiger partial charge < -0.3 is 64.2 Å². The van der Waals surface area contributed by atoms with Gasteiger partial charge in [0, 0.05) is 13.0 Å². The van der Waals surface area contributed by atoms with Crippen LogP contribution in [0.25, 0.3) is 0 Å². The molecule has 0 bridgehead atoms. The van der Waals surface area contributed by atoms with E-state index in [0.717, 1.165) is 96.3 Å². The molecular formula is C60H102O14. The van der Waals surface area contributed by atoms with Crippen molar-refractivity contribution in [2.24, 2.45) is 0 Å². The number of carbonyl (C=O) groups excluding carboxylic acids is 1. The van der Waals surface area contributed by atoms with Crippen LogP contribution in [0.5, 0.6) is 0 Å². The molecule has 2 heterocycles. The molecule has 426 valence electrons. The van der Waals surface area contributed by atoms with Crippen molar-refractivity contribution in [1.82, 2.24) is 0 Å². The van der Waals surface area contributed by atoms with Crippen molar-refractivity contribution in [3.8, 4) is 0 Å². The molecule has 14 nitrogen and oxygen atoms in total. The number of hydrogen-bond donors (Lipinski definition) is 7. The first-order chi connectivity index (χ1) is 36.1. The Hall–Kier alpha value is -2.83. The third kappa shape index (κ3) is 32.7. The Morgan fingerprint density at radius 2 is 0.878 bits per heavy atom. The monoisotopic (exact) mass is 1050 g/mol.